The number of nitrogens with one attached hydrogen (secondary N) is 1. The molecule has 4 heteroatoms. The summed E-state index contributed by atoms with van der Waals surface area (Å²) in [6.45, 7) is 8.08. The maximum absolute atomic E-state index is 12.2. The van der Waals surface area contributed by atoms with Crippen LogP contribution in [0.1, 0.15) is 25.0 Å². The minimum Gasteiger partial charge on any atom is -0.491 e. The van der Waals surface area contributed by atoms with Crippen LogP contribution in [0.3, 0.4) is 0 Å². The number of benzene rings is 2. The highest BCUT2D eigenvalue weighted by Crippen LogP contribution is 2.14. The molecule has 0 saturated carbocycles. The Labute approximate surface area is 143 Å². The monoisotopic (exact) mass is 327 g/mol. The number of carbonyl (C=O) groups is 1. The van der Waals surface area contributed by atoms with Gasteiger partial charge in [-0.25, -0.2) is 0 Å². The van der Waals surface area contributed by atoms with Gasteiger partial charge in [-0.15, -0.1) is 0 Å². The number of amides is 1. The number of carbonyl (C=O) groups excluding carboxylic acids is 1. The molecule has 24 heavy (non-hydrogen) atoms. The summed E-state index contributed by atoms with van der Waals surface area (Å²) in [7, 11) is 0. The molecule has 0 spiro atoms. The average molecular weight is 327 g/mol. The van der Waals surface area contributed by atoms with Crippen LogP contribution in [0.5, 0.6) is 11.5 Å². The van der Waals surface area contributed by atoms with E-state index in [1.807, 2.05) is 69.3 Å². The van der Waals surface area contributed by atoms with Gasteiger partial charge < -0.3 is 14.8 Å². The number of hydrogen-bond acceptors (Lipinski definition) is 3. The third kappa shape index (κ3) is 5.61. The highest BCUT2D eigenvalue weighted by atomic mass is 16.5. The molecule has 128 valence electrons. The molecule has 0 heterocycles. The van der Waals surface area contributed by atoms with Gasteiger partial charge in [0.25, 0.3) is 5.91 Å². The summed E-state index contributed by atoms with van der Waals surface area (Å²) in [5.41, 5.74) is 2.28. The highest BCUT2D eigenvalue weighted by molar-refractivity contribution is 5.81. The zero-order valence-electron chi connectivity index (χ0n) is 14.7. The predicted octanol–water partition coefficient (Wildman–Crippen LogP) is 3.65. The van der Waals surface area contributed by atoms with Crippen LogP contribution in [-0.2, 0) is 4.79 Å². The topological polar surface area (TPSA) is 47.6 Å². The summed E-state index contributed by atoms with van der Waals surface area (Å²) in [4.78, 5) is 12.2. The molecule has 1 N–H and O–H groups in total. The first kappa shape index (κ1) is 17.9. The molecule has 0 aliphatic heterocycles. The SMILES string of the molecule is Cc1ccc(OC[C@@H](C)NC(=O)[C@H](C)Oc2cccc(C)c2)cc1. The Morgan fingerprint density at radius 1 is 1.00 bits per heavy atom. The standard InChI is InChI=1S/C20H25NO3/c1-14-8-10-18(11-9-14)23-13-16(3)21-20(22)17(4)24-19-7-5-6-15(2)12-19/h5-12,16-17H,13H2,1-4H3,(H,21,22)/t16-,17+/m1/s1. The van der Waals surface area contributed by atoms with E-state index in [2.05, 4.69) is 5.32 Å². The second kappa shape index (κ2) is 8.39. The third-order valence-electron chi connectivity index (χ3n) is 3.58. The second-order valence-corrected chi connectivity index (χ2v) is 6.11. The molecule has 2 rings (SSSR count). The van der Waals surface area contributed by atoms with Crippen LogP contribution in [0.15, 0.2) is 48.5 Å². The minimum atomic E-state index is -0.561. The first-order valence-electron chi connectivity index (χ1n) is 8.17. The molecule has 2 aromatic carbocycles. The number of rotatable bonds is 7. The highest BCUT2D eigenvalue weighted by Gasteiger charge is 2.17. The minimum absolute atomic E-state index is 0.109. The molecule has 0 aliphatic carbocycles. The molecule has 0 saturated heterocycles. The van der Waals surface area contributed by atoms with Gasteiger partial charge in [0.1, 0.15) is 18.1 Å². The molecule has 4 nitrogen and oxygen atoms in total. The van der Waals surface area contributed by atoms with E-state index in [0.29, 0.717) is 12.4 Å². The van der Waals surface area contributed by atoms with Crippen LogP contribution in [0.25, 0.3) is 0 Å². The molecule has 0 fully saturated rings. The summed E-state index contributed by atoms with van der Waals surface area (Å²) in [5.74, 6) is 1.34. The molecule has 0 radical (unpaired) electrons. The van der Waals surface area contributed by atoms with Gasteiger partial charge >= 0.3 is 0 Å². The van der Waals surface area contributed by atoms with Crippen molar-refractivity contribution in [2.75, 3.05) is 6.61 Å². The Balaban J connectivity index is 1.78. The lowest BCUT2D eigenvalue weighted by Crippen LogP contribution is -2.43. The lowest BCUT2D eigenvalue weighted by atomic mass is 10.2. The second-order valence-electron chi connectivity index (χ2n) is 6.11. The van der Waals surface area contributed by atoms with E-state index in [-0.39, 0.29) is 11.9 Å². The van der Waals surface area contributed by atoms with Crippen molar-refractivity contribution >= 4 is 5.91 Å². The van der Waals surface area contributed by atoms with Crippen molar-refractivity contribution in [2.24, 2.45) is 0 Å². The number of ether oxygens (including phenoxy) is 2. The van der Waals surface area contributed by atoms with Crippen molar-refractivity contribution in [3.63, 3.8) is 0 Å². The van der Waals surface area contributed by atoms with E-state index < -0.39 is 6.10 Å². The summed E-state index contributed by atoms with van der Waals surface area (Å²) in [6.07, 6.45) is -0.561. The first-order chi connectivity index (χ1) is 11.4. The van der Waals surface area contributed by atoms with Gasteiger partial charge in [0, 0.05) is 0 Å². The molecule has 2 aromatic rings. The molecular formula is C20H25NO3. The molecule has 0 aromatic heterocycles. The van der Waals surface area contributed by atoms with Crippen molar-refractivity contribution in [3.8, 4) is 11.5 Å². The Kier molecular flexibility index (Phi) is 6.24. The van der Waals surface area contributed by atoms with Crippen molar-refractivity contribution in [3.05, 3.63) is 59.7 Å². The predicted molar refractivity (Wildman–Crippen MR) is 95.5 cm³/mol. The Hall–Kier alpha value is -2.49. The summed E-state index contributed by atoms with van der Waals surface area (Å²) >= 11 is 0. The van der Waals surface area contributed by atoms with E-state index in [9.17, 15) is 4.79 Å². The number of aryl methyl sites for hydroxylation is 2. The van der Waals surface area contributed by atoms with E-state index in [1.165, 1.54) is 5.56 Å². The van der Waals surface area contributed by atoms with E-state index in [4.69, 9.17) is 9.47 Å². The van der Waals surface area contributed by atoms with Gasteiger partial charge in [-0.05, 0) is 57.5 Å². The maximum Gasteiger partial charge on any atom is 0.261 e. The maximum atomic E-state index is 12.2. The van der Waals surface area contributed by atoms with Crippen molar-refractivity contribution in [1.82, 2.24) is 5.32 Å². The Morgan fingerprint density at radius 3 is 2.38 bits per heavy atom. The van der Waals surface area contributed by atoms with Crippen LogP contribution in [0, 0.1) is 13.8 Å². The molecule has 2 atom stereocenters. The Bertz CT molecular complexity index is 667. The van der Waals surface area contributed by atoms with E-state index in [0.717, 1.165) is 11.3 Å². The van der Waals surface area contributed by atoms with Crippen LogP contribution in [0.2, 0.25) is 0 Å². The van der Waals surface area contributed by atoms with Crippen LogP contribution >= 0.6 is 0 Å². The Morgan fingerprint density at radius 2 is 1.71 bits per heavy atom. The molecule has 0 bridgehead atoms. The largest absolute Gasteiger partial charge is 0.491 e. The lowest BCUT2D eigenvalue weighted by molar-refractivity contribution is -0.128. The van der Waals surface area contributed by atoms with Crippen molar-refractivity contribution in [2.45, 2.75) is 39.8 Å². The molecule has 0 aliphatic rings. The van der Waals surface area contributed by atoms with E-state index in [1.54, 1.807) is 6.92 Å². The average Bonchev–Trinajstić information content (AvgIpc) is 2.54. The fourth-order valence-electron chi connectivity index (χ4n) is 2.20. The number of hydrogen-bond donors (Lipinski definition) is 1. The zero-order chi connectivity index (χ0) is 17.5. The van der Waals surface area contributed by atoms with Gasteiger partial charge in [0.15, 0.2) is 6.10 Å². The zero-order valence-corrected chi connectivity index (χ0v) is 14.7. The summed E-state index contributed by atoms with van der Waals surface area (Å²) in [5, 5.41) is 2.91. The van der Waals surface area contributed by atoms with Crippen LogP contribution < -0.4 is 14.8 Å². The molecule has 1 amide bonds. The molecule has 0 unspecified atom stereocenters. The van der Waals surface area contributed by atoms with Crippen LogP contribution in [-0.4, -0.2) is 24.7 Å². The van der Waals surface area contributed by atoms with Crippen molar-refractivity contribution < 1.29 is 14.3 Å². The summed E-state index contributed by atoms with van der Waals surface area (Å²) < 4.78 is 11.4. The smallest absolute Gasteiger partial charge is 0.261 e. The fourth-order valence-corrected chi connectivity index (χ4v) is 2.20. The van der Waals surface area contributed by atoms with Gasteiger partial charge in [-0.3, -0.25) is 4.79 Å². The van der Waals surface area contributed by atoms with E-state index >= 15 is 0 Å². The molecular weight excluding hydrogens is 302 g/mol. The summed E-state index contributed by atoms with van der Waals surface area (Å²) in [6, 6.07) is 15.4. The van der Waals surface area contributed by atoms with Crippen molar-refractivity contribution in [1.29, 1.82) is 0 Å². The first-order valence-corrected chi connectivity index (χ1v) is 8.17. The van der Waals surface area contributed by atoms with Gasteiger partial charge in [-0.2, -0.15) is 0 Å². The quantitative estimate of drug-likeness (QED) is 0.844. The van der Waals surface area contributed by atoms with Gasteiger partial charge in [0.2, 0.25) is 0 Å². The van der Waals surface area contributed by atoms with Crippen LogP contribution in [0.4, 0.5) is 0 Å². The normalized spacial score (nSPS) is 13.0. The fraction of sp³-hybridized carbons (Fsp3) is 0.350. The lowest BCUT2D eigenvalue weighted by Gasteiger charge is -2.19. The third-order valence-corrected chi connectivity index (χ3v) is 3.58. The van der Waals surface area contributed by atoms with Gasteiger partial charge in [0.05, 0.1) is 6.04 Å². The van der Waals surface area contributed by atoms with Gasteiger partial charge in [-0.1, -0.05) is 29.8 Å².